The standard InChI is InChI=1S/C22H28F4N2O3/c1-14(22(24,25)26)18(28-10-3-2-4-11-28)19(29)27-17-12-15(6-7-16(17)23)13-21(20(30)31)8-5-9-21/h6-7,12,14,18H,2-5,8-11,13H2,1H3,(H,27,29)(H,30,31). The van der Waals surface area contributed by atoms with Gasteiger partial charge in [0.05, 0.1) is 17.0 Å². The third-order valence-electron chi connectivity index (χ3n) is 6.64. The first kappa shape index (κ1) is 23.5. The molecule has 31 heavy (non-hydrogen) atoms. The Morgan fingerprint density at radius 2 is 1.81 bits per heavy atom. The molecule has 1 heterocycles. The number of anilines is 1. The summed E-state index contributed by atoms with van der Waals surface area (Å²) in [6.45, 7) is 1.73. The van der Waals surface area contributed by atoms with Crippen molar-refractivity contribution in [1.82, 2.24) is 4.90 Å². The molecule has 1 saturated carbocycles. The first-order valence-corrected chi connectivity index (χ1v) is 10.7. The number of benzene rings is 1. The number of halogens is 4. The van der Waals surface area contributed by atoms with Gasteiger partial charge in [0.1, 0.15) is 11.9 Å². The Morgan fingerprint density at radius 3 is 2.32 bits per heavy atom. The van der Waals surface area contributed by atoms with Crippen LogP contribution in [0.4, 0.5) is 23.2 Å². The number of likely N-dealkylation sites (tertiary alicyclic amines) is 1. The zero-order chi connectivity index (χ0) is 22.8. The number of carboxylic acids is 1. The van der Waals surface area contributed by atoms with E-state index in [0.717, 1.165) is 25.8 Å². The van der Waals surface area contributed by atoms with Gasteiger partial charge in [-0.2, -0.15) is 13.2 Å². The van der Waals surface area contributed by atoms with E-state index in [-0.39, 0.29) is 12.1 Å². The molecule has 0 aromatic heterocycles. The third-order valence-corrected chi connectivity index (χ3v) is 6.64. The van der Waals surface area contributed by atoms with Gasteiger partial charge < -0.3 is 10.4 Å². The Bertz CT molecular complexity index is 817. The molecule has 2 N–H and O–H groups in total. The van der Waals surface area contributed by atoms with E-state index in [4.69, 9.17) is 0 Å². The van der Waals surface area contributed by atoms with Gasteiger partial charge in [0.2, 0.25) is 5.91 Å². The molecule has 1 saturated heterocycles. The summed E-state index contributed by atoms with van der Waals surface area (Å²) in [5, 5.41) is 11.9. The summed E-state index contributed by atoms with van der Waals surface area (Å²) in [5.74, 6) is -4.51. The van der Waals surface area contributed by atoms with Crippen molar-refractivity contribution in [3.05, 3.63) is 29.6 Å². The molecule has 1 aromatic carbocycles. The van der Waals surface area contributed by atoms with Crippen molar-refractivity contribution < 1.29 is 32.3 Å². The number of hydrogen-bond acceptors (Lipinski definition) is 3. The first-order valence-electron chi connectivity index (χ1n) is 10.7. The van der Waals surface area contributed by atoms with Crippen LogP contribution in [-0.2, 0) is 16.0 Å². The summed E-state index contributed by atoms with van der Waals surface area (Å²) in [6.07, 6.45) is -0.261. The minimum absolute atomic E-state index is 0.181. The highest BCUT2D eigenvalue weighted by molar-refractivity contribution is 5.95. The van der Waals surface area contributed by atoms with E-state index in [2.05, 4.69) is 5.32 Å². The third kappa shape index (κ3) is 5.19. The molecule has 5 nitrogen and oxygen atoms in total. The minimum Gasteiger partial charge on any atom is -0.481 e. The van der Waals surface area contributed by atoms with Crippen LogP contribution in [-0.4, -0.2) is 47.2 Å². The fourth-order valence-electron chi connectivity index (χ4n) is 4.53. The number of rotatable bonds is 7. The summed E-state index contributed by atoms with van der Waals surface area (Å²) in [5.41, 5.74) is -0.601. The highest BCUT2D eigenvalue weighted by atomic mass is 19.4. The van der Waals surface area contributed by atoms with Gasteiger partial charge in [-0.25, -0.2) is 4.39 Å². The van der Waals surface area contributed by atoms with Crippen molar-refractivity contribution in [2.45, 2.75) is 64.1 Å². The predicted octanol–water partition coefficient (Wildman–Crippen LogP) is 4.61. The van der Waals surface area contributed by atoms with Gasteiger partial charge in [-0.3, -0.25) is 14.5 Å². The number of alkyl halides is 3. The van der Waals surface area contributed by atoms with Crippen LogP contribution in [0.3, 0.4) is 0 Å². The van der Waals surface area contributed by atoms with Crippen molar-refractivity contribution >= 4 is 17.6 Å². The van der Waals surface area contributed by atoms with Crippen molar-refractivity contribution in [2.75, 3.05) is 18.4 Å². The van der Waals surface area contributed by atoms with E-state index in [9.17, 15) is 32.3 Å². The normalized spacial score (nSPS) is 21.1. The highest BCUT2D eigenvalue weighted by Gasteiger charge is 2.47. The molecule has 9 heteroatoms. The molecule has 1 aromatic rings. The van der Waals surface area contributed by atoms with Crippen LogP contribution >= 0.6 is 0 Å². The summed E-state index contributed by atoms with van der Waals surface area (Å²) in [7, 11) is 0. The van der Waals surface area contributed by atoms with E-state index in [1.165, 1.54) is 17.0 Å². The van der Waals surface area contributed by atoms with Gasteiger partial charge in [-0.05, 0) is 62.9 Å². The molecule has 2 unspecified atom stereocenters. The molecule has 2 aliphatic rings. The number of amides is 1. The fraction of sp³-hybridized carbons (Fsp3) is 0.636. The number of carbonyl (C=O) groups excluding carboxylic acids is 1. The molecule has 1 aliphatic carbocycles. The number of nitrogens with zero attached hydrogens (tertiary/aromatic N) is 1. The number of carbonyl (C=O) groups is 2. The lowest BCUT2D eigenvalue weighted by atomic mass is 9.65. The lowest BCUT2D eigenvalue weighted by Gasteiger charge is -2.38. The molecule has 1 amide bonds. The summed E-state index contributed by atoms with van der Waals surface area (Å²) < 4.78 is 54.8. The Morgan fingerprint density at radius 1 is 1.16 bits per heavy atom. The average Bonchev–Trinajstić information content (AvgIpc) is 2.67. The zero-order valence-corrected chi connectivity index (χ0v) is 17.5. The van der Waals surface area contributed by atoms with Crippen LogP contribution in [0, 0.1) is 17.2 Å². The zero-order valence-electron chi connectivity index (χ0n) is 17.5. The Kier molecular flexibility index (Phi) is 6.93. The lowest BCUT2D eigenvalue weighted by molar-refractivity contribution is -0.189. The molecule has 172 valence electrons. The largest absolute Gasteiger partial charge is 0.481 e. The van der Waals surface area contributed by atoms with E-state index in [1.54, 1.807) is 0 Å². The molecule has 0 bridgehead atoms. The van der Waals surface area contributed by atoms with Gasteiger partial charge in [-0.1, -0.05) is 25.8 Å². The van der Waals surface area contributed by atoms with E-state index < -0.39 is 41.2 Å². The average molecular weight is 444 g/mol. The number of nitrogens with one attached hydrogen (secondary N) is 1. The van der Waals surface area contributed by atoms with Gasteiger partial charge in [0.15, 0.2) is 0 Å². The lowest BCUT2D eigenvalue weighted by Crippen LogP contribution is -2.53. The molecular weight excluding hydrogens is 416 g/mol. The van der Waals surface area contributed by atoms with Crippen molar-refractivity contribution in [3.8, 4) is 0 Å². The minimum atomic E-state index is -4.57. The van der Waals surface area contributed by atoms with Gasteiger partial charge in [-0.15, -0.1) is 0 Å². The highest BCUT2D eigenvalue weighted by Crippen LogP contribution is 2.44. The van der Waals surface area contributed by atoms with E-state index in [1.807, 2.05) is 0 Å². The molecular formula is C22H28F4N2O3. The number of piperidine rings is 1. The molecule has 2 fully saturated rings. The molecule has 1 aliphatic heterocycles. The van der Waals surface area contributed by atoms with Crippen LogP contribution in [0.5, 0.6) is 0 Å². The number of aliphatic carboxylic acids is 1. The topological polar surface area (TPSA) is 69.6 Å². The molecule has 0 radical (unpaired) electrons. The van der Waals surface area contributed by atoms with Crippen LogP contribution in [0.1, 0.15) is 51.0 Å². The van der Waals surface area contributed by atoms with Crippen LogP contribution < -0.4 is 5.32 Å². The van der Waals surface area contributed by atoms with Crippen LogP contribution in [0.15, 0.2) is 18.2 Å². The van der Waals surface area contributed by atoms with Crippen molar-refractivity contribution in [1.29, 1.82) is 0 Å². The maximum absolute atomic E-state index is 14.4. The maximum atomic E-state index is 14.4. The van der Waals surface area contributed by atoms with E-state index >= 15 is 0 Å². The summed E-state index contributed by atoms with van der Waals surface area (Å²) >= 11 is 0. The van der Waals surface area contributed by atoms with Gasteiger partial charge >= 0.3 is 12.1 Å². The van der Waals surface area contributed by atoms with Gasteiger partial charge in [0.25, 0.3) is 0 Å². The first-order chi connectivity index (χ1) is 14.5. The predicted molar refractivity (Wildman–Crippen MR) is 107 cm³/mol. The number of carboxylic acid groups (broad SMARTS) is 1. The van der Waals surface area contributed by atoms with Crippen molar-refractivity contribution in [2.24, 2.45) is 11.3 Å². The summed E-state index contributed by atoms with van der Waals surface area (Å²) in [4.78, 5) is 26.0. The second-order valence-electron chi connectivity index (χ2n) is 8.79. The Labute approximate surface area is 178 Å². The second kappa shape index (κ2) is 9.14. The maximum Gasteiger partial charge on any atom is 0.393 e. The molecule has 3 rings (SSSR count). The van der Waals surface area contributed by atoms with E-state index in [0.29, 0.717) is 44.3 Å². The number of hydrogen-bond donors (Lipinski definition) is 2. The van der Waals surface area contributed by atoms with Gasteiger partial charge in [0, 0.05) is 0 Å². The van der Waals surface area contributed by atoms with Crippen LogP contribution in [0.2, 0.25) is 0 Å². The molecule has 2 atom stereocenters. The fourth-order valence-corrected chi connectivity index (χ4v) is 4.53. The SMILES string of the molecule is CC(C(C(=O)Nc1cc(CC2(C(=O)O)CCC2)ccc1F)N1CCCCC1)C(F)(F)F. The second-order valence-corrected chi connectivity index (χ2v) is 8.79. The Balaban J connectivity index is 1.81. The monoisotopic (exact) mass is 444 g/mol. The van der Waals surface area contributed by atoms with Crippen molar-refractivity contribution in [3.63, 3.8) is 0 Å². The quantitative estimate of drug-likeness (QED) is 0.603. The molecule has 0 spiro atoms. The summed E-state index contributed by atoms with van der Waals surface area (Å²) in [6, 6.07) is 2.44. The Hall–Kier alpha value is -2.16. The van der Waals surface area contributed by atoms with Crippen LogP contribution in [0.25, 0.3) is 0 Å². The smallest absolute Gasteiger partial charge is 0.393 e.